The molecule has 0 bridgehead atoms. The molecule has 0 aliphatic carbocycles. The van der Waals surface area contributed by atoms with Gasteiger partial charge in [-0.05, 0) is 46.5 Å². The van der Waals surface area contributed by atoms with Gasteiger partial charge in [0.15, 0.2) is 0 Å². The minimum Gasteiger partial charge on any atom is -0.491 e. The predicted octanol–water partition coefficient (Wildman–Crippen LogP) is 3.12. The monoisotopic (exact) mass is 526 g/mol. The first-order chi connectivity index (χ1) is 18.6. The van der Waals surface area contributed by atoms with E-state index in [1.165, 1.54) is 0 Å². The molecule has 2 heterocycles. The van der Waals surface area contributed by atoms with Crippen LogP contribution in [-0.4, -0.2) is 87.5 Å². The van der Waals surface area contributed by atoms with E-state index in [0.717, 1.165) is 41.0 Å². The number of aliphatic hydroxyl groups is 2. The summed E-state index contributed by atoms with van der Waals surface area (Å²) < 4.78 is 33.4. The molecule has 0 aromatic heterocycles. The highest BCUT2D eigenvalue weighted by atomic mass is 16.6. The van der Waals surface area contributed by atoms with Crippen LogP contribution in [0.3, 0.4) is 0 Å². The average molecular weight is 527 g/mol. The van der Waals surface area contributed by atoms with Gasteiger partial charge in [0, 0.05) is 12.8 Å². The van der Waals surface area contributed by atoms with Gasteiger partial charge in [0.2, 0.25) is 0 Å². The summed E-state index contributed by atoms with van der Waals surface area (Å²) in [7, 11) is 0. The summed E-state index contributed by atoms with van der Waals surface area (Å²) in [4.78, 5) is 0. The molecule has 4 atom stereocenters. The van der Waals surface area contributed by atoms with E-state index in [9.17, 15) is 10.2 Å². The normalized spacial score (nSPS) is 19.4. The van der Waals surface area contributed by atoms with Crippen molar-refractivity contribution >= 4 is 0 Å². The smallest absolute Gasteiger partial charge is 0.122 e. The standard InChI is InChI=1S/C30H38O8/c1-3-9-33-15-25(31)13-23-11-21(5-7-29(23)38-20-28-19-36-28)22-6-8-30(24(12-22)14-27-18-35-27)37-17-26(32)16-34-10-4-2/h3-8,11-12,25-28,31-32H,1-2,9-10,13-20H2. The molecule has 38 heavy (non-hydrogen) atoms. The Morgan fingerprint density at radius 2 is 1.37 bits per heavy atom. The molecule has 0 saturated carbocycles. The van der Waals surface area contributed by atoms with Crippen molar-refractivity contribution in [3.63, 3.8) is 0 Å². The number of hydrogen-bond donors (Lipinski definition) is 2. The highest BCUT2D eigenvalue weighted by Gasteiger charge is 2.26. The molecule has 2 aliphatic rings. The number of aliphatic hydroxyl groups excluding tert-OH is 2. The van der Waals surface area contributed by atoms with Crippen LogP contribution in [0, 0.1) is 0 Å². The van der Waals surface area contributed by atoms with Gasteiger partial charge in [0.25, 0.3) is 0 Å². The van der Waals surface area contributed by atoms with Crippen molar-refractivity contribution in [3.05, 3.63) is 72.8 Å². The van der Waals surface area contributed by atoms with Gasteiger partial charge >= 0.3 is 0 Å². The molecule has 0 spiro atoms. The lowest BCUT2D eigenvalue weighted by Crippen LogP contribution is -2.23. The van der Waals surface area contributed by atoms with Gasteiger partial charge in [-0.25, -0.2) is 0 Å². The van der Waals surface area contributed by atoms with E-state index in [4.69, 9.17) is 28.4 Å². The minimum absolute atomic E-state index is 0.127. The van der Waals surface area contributed by atoms with Crippen molar-refractivity contribution in [1.82, 2.24) is 0 Å². The van der Waals surface area contributed by atoms with Crippen LogP contribution in [0.5, 0.6) is 11.5 Å². The van der Waals surface area contributed by atoms with E-state index in [0.29, 0.717) is 38.6 Å². The first kappa shape index (κ1) is 28.3. The molecule has 2 fully saturated rings. The molecular formula is C30H38O8. The van der Waals surface area contributed by atoms with E-state index in [2.05, 4.69) is 19.2 Å². The van der Waals surface area contributed by atoms with Crippen LogP contribution in [0.15, 0.2) is 61.7 Å². The molecule has 206 valence electrons. The summed E-state index contributed by atoms with van der Waals surface area (Å²) in [5, 5.41) is 20.7. The first-order valence-corrected chi connectivity index (χ1v) is 13.0. The van der Waals surface area contributed by atoms with Crippen LogP contribution in [0.2, 0.25) is 0 Å². The van der Waals surface area contributed by atoms with Gasteiger partial charge in [-0.3, -0.25) is 0 Å². The molecule has 0 radical (unpaired) electrons. The SMILES string of the molecule is C=CCOCC(O)COc1ccc(-c2ccc(OCC3CO3)c(CC(O)COCC=C)c2)cc1CC1CO1. The van der Waals surface area contributed by atoms with E-state index in [1.54, 1.807) is 12.2 Å². The van der Waals surface area contributed by atoms with Gasteiger partial charge in [-0.15, -0.1) is 13.2 Å². The van der Waals surface area contributed by atoms with E-state index < -0.39 is 12.2 Å². The van der Waals surface area contributed by atoms with E-state index in [1.807, 2.05) is 30.3 Å². The Morgan fingerprint density at radius 3 is 1.97 bits per heavy atom. The lowest BCUT2D eigenvalue weighted by molar-refractivity contribution is 0.0212. The Bertz CT molecular complexity index is 1050. The number of epoxide rings is 2. The van der Waals surface area contributed by atoms with Crippen LogP contribution >= 0.6 is 0 Å². The molecule has 4 rings (SSSR count). The zero-order valence-corrected chi connectivity index (χ0v) is 21.8. The molecule has 8 heteroatoms. The Balaban J connectivity index is 1.50. The molecule has 2 aromatic rings. The lowest BCUT2D eigenvalue weighted by atomic mass is 9.96. The van der Waals surface area contributed by atoms with Crippen molar-refractivity contribution in [2.75, 3.05) is 52.9 Å². The lowest BCUT2D eigenvalue weighted by Gasteiger charge is -2.18. The van der Waals surface area contributed by atoms with Gasteiger partial charge in [0.1, 0.15) is 36.9 Å². The average Bonchev–Trinajstić information content (AvgIpc) is 3.84. The maximum atomic E-state index is 10.6. The van der Waals surface area contributed by atoms with Crippen molar-refractivity contribution in [1.29, 1.82) is 0 Å². The van der Waals surface area contributed by atoms with Crippen LogP contribution in [-0.2, 0) is 31.8 Å². The van der Waals surface area contributed by atoms with Crippen LogP contribution in [0.1, 0.15) is 11.1 Å². The zero-order chi connectivity index (χ0) is 26.7. The topological polar surface area (TPSA) is 102 Å². The minimum atomic E-state index is -0.738. The molecular weight excluding hydrogens is 488 g/mol. The highest BCUT2D eigenvalue weighted by Crippen LogP contribution is 2.33. The summed E-state index contributed by atoms with van der Waals surface area (Å²) >= 11 is 0. The number of benzene rings is 2. The van der Waals surface area contributed by atoms with E-state index >= 15 is 0 Å². The Kier molecular flexibility index (Phi) is 10.7. The largest absolute Gasteiger partial charge is 0.491 e. The molecule has 2 aromatic carbocycles. The van der Waals surface area contributed by atoms with Crippen molar-refractivity contribution in [3.8, 4) is 22.6 Å². The third kappa shape index (κ3) is 9.23. The Labute approximate surface area is 224 Å². The first-order valence-electron chi connectivity index (χ1n) is 13.0. The number of rotatable bonds is 19. The summed E-state index contributed by atoms with van der Waals surface area (Å²) in [6.45, 7) is 10.5. The maximum absolute atomic E-state index is 10.6. The van der Waals surface area contributed by atoms with Crippen LogP contribution in [0.4, 0.5) is 0 Å². The van der Waals surface area contributed by atoms with Crippen molar-refractivity contribution < 1.29 is 38.6 Å². The van der Waals surface area contributed by atoms with Crippen LogP contribution in [0.25, 0.3) is 11.1 Å². The fourth-order valence-electron chi connectivity index (χ4n) is 4.02. The van der Waals surface area contributed by atoms with Gasteiger partial charge in [0.05, 0.1) is 51.8 Å². The van der Waals surface area contributed by atoms with Gasteiger partial charge in [-0.2, -0.15) is 0 Å². The zero-order valence-electron chi connectivity index (χ0n) is 21.8. The van der Waals surface area contributed by atoms with Gasteiger partial charge < -0.3 is 38.6 Å². The fraction of sp³-hybridized carbons (Fsp3) is 0.467. The Morgan fingerprint density at radius 1 is 0.789 bits per heavy atom. The molecule has 4 unspecified atom stereocenters. The second-order valence-electron chi connectivity index (χ2n) is 9.55. The molecule has 8 nitrogen and oxygen atoms in total. The molecule has 2 aliphatic heterocycles. The highest BCUT2D eigenvalue weighted by molar-refractivity contribution is 5.68. The van der Waals surface area contributed by atoms with Crippen molar-refractivity contribution in [2.45, 2.75) is 37.3 Å². The molecule has 2 N–H and O–H groups in total. The third-order valence-electron chi connectivity index (χ3n) is 6.11. The molecule has 0 amide bonds. The predicted molar refractivity (Wildman–Crippen MR) is 144 cm³/mol. The summed E-state index contributed by atoms with van der Waals surface area (Å²) in [5.74, 6) is 1.44. The third-order valence-corrected chi connectivity index (χ3v) is 6.11. The van der Waals surface area contributed by atoms with Crippen LogP contribution < -0.4 is 9.47 Å². The Hall–Kier alpha value is -2.72. The summed E-state index contributed by atoms with van der Waals surface area (Å²) in [5.41, 5.74) is 3.91. The van der Waals surface area contributed by atoms with E-state index in [-0.39, 0.29) is 32.0 Å². The summed E-state index contributed by atoms with van der Waals surface area (Å²) in [6.07, 6.45) is 3.31. The van der Waals surface area contributed by atoms with Crippen molar-refractivity contribution in [2.24, 2.45) is 0 Å². The second-order valence-corrected chi connectivity index (χ2v) is 9.55. The quantitative estimate of drug-likeness (QED) is 0.164. The number of hydrogen-bond acceptors (Lipinski definition) is 8. The van der Waals surface area contributed by atoms with Gasteiger partial charge in [-0.1, -0.05) is 24.3 Å². The fourth-order valence-corrected chi connectivity index (χ4v) is 4.02. The number of ether oxygens (including phenoxy) is 6. The molecule has 2 saturated heterocycles. The maximum Gasteiger partial charge on any atom is 0.122 e. The summed E-state index contributed by atoms with van der Waals surface area (Å²) in [6, 6.07) is 12.0. The second kappa shape index (κ2) is 14.4.